The number of halogens is 2. The number of fused-ring (bicyclic) bond motifs is 1. The highest BCUT2D eigenvalue weighted by Gasteiger charge is 2.53. The molecule has 2 aromatic carbocycles. The molecule has 2 aromatic rings. The molecule has 7 heteroatoms. The molecule has 1 unspecified atom stereocenters. The van der Waals surface area contributed by atoms with E-state index >= 15 is 0 Å². The van der Waals surface area contributed by atoms with E-state index in [0.29, 0.717) is 28.1 Å². The van der Waals surface area contributed by atoms with Gasteiger partial charge in [-0.1, -0.05) is 41.4 Å². The second-order valence-corrected chi connectivity index (χ2v) is 8.87. The standard InChI is InChI=1S/C23H24Cl2N2O3/c1-30-21(28)10-9-18(15-3-2-4-16(24)11-15)23(26-13-14-5-6-14)19-8-7-17(25)12-20(19)27-22(23)29/h2-4,7-8,11-12,14,18,26H,5-6,9-10,13H2,1H3,(H,27,29)/t18-,23?/m0/s1. The van der Waals surface area contributed by atoms with Gasteiger partial charge in [0.1, 0.15) is 5.54 Å². The molecular weight excluding hydrogens is 423 g/mol. The number of nitrogens with one attached hydrogen (secondary N) is 2. The SMILES string of the molecule is COC(=O)CC[C@@H](c1cccc(Cl)c1)C1(NCC2CC2)C(=O)Nc2cc(Cl)ccc21. The van der Waals surface area contributed by atoms with Crippen molar-refractivity contribution in [1.82, 2.24) is 5.32 Å². The number of esters is 1. The van der Waals surface area contributed by atoms with Crippen molar-refractivity contribution in [3.63, 3.8) is 0 Å². The van der Waals surface area contributed by atoms with E-state index in [2.05, 4.69) is 10.6 Å². The maximum absolute atomic E-state index is 13.5. The van der Waals surface area contributed by atoms with Crippen molar-refractivity contribution in [2.75, 3.05) is 19.0 Å². The van der Waals surface area contributed by atoms with Gasteiger partial charge in [0.05, 0.1) is 7.11 Å². The molecule has 0 spiro atoms. The summed E-state index contributed by atoms with van der Waals surface area (Å²) < 4.78 is 4.87. The summed E-state index contributed by atoms with van der Waals surface area (Å²) in [6.07, 6.45) is 2.93. The van der Waals surface area contributed by atoms with Crippen LogP contribution >= 0.6 is 23.2 Å². The first-order chi connectivity index (χ1) is 14.4. The minimum atomic E-state index is -1.03. The number of hydrogen-bond acceptors (Lipinski definition) is 4. The van der Waals surface area contributed by atoms with Gasteiger partial charge >= 0.3 is 5.97 Å². The molecule has 1 amide bonds. The summed E-state index contributed by atoms with van der Waals surface area (Å²) in [4.78, 5) is 25.5. The third kappa shape index (κ3) is 4.07. The number of hydrogen-bond donors (Lipinski definition) is 2. The third-order valence-corrected chi connectivity index (χ3v) is 6.49. The molecule has 0 radical (unpaired) electrons. The van der Waals surface area contributed by atoms with E-state index in [4.69, 9.17) is 27.9 Å². The minimum absolute atomic E-state index is 0.143. The third-order valence-electron chi connectivity index (χ3n) is 6.02. The number of ether oxygens (including phenoxy) is 1. The highest BCUT2D eigenvalue weighted by molar-refractivity contribution is 6.31. The number of carbonyl (C=O) groups excluding carboxylic acids is 2. The number of anilines is 1. The van der Waals surface area contributed by atoms with Crippen molar-refractivity contribution in [2.24, 2.45) is 5.92 Å². The molecule has 30 heavy (non-hydrogen) atoms. The number of amides is 1. The van der Waals surface area contributed by atoms with Crippen molar-refractivity contribution < 1.29 is 14.3 Å². The van der Waals surface area contributed by atoms with Crippen LogP contribution in [0.15, 0.2) is 42.5 Å². The van der Waals surface area contributed by atoms with Gasteiger partial charge in [0, 0.05) is 33.6 Å². The van der Waals surface area contributed by atoms with Gasteiger partial charge < -0.3 is 10.1 Å². The molecule has 2 N–H and O–H groups in total. The van der Waals surface area contributed by atoms with Crippen molar-refractivity contribution in [2.45, 2.75) is 37.1 Å². The minimum Gasteiger partial charge on any atom is -0.469 e. The van der Waals surface area contributed by atoms with E-state index in [9.17, 15) is 9.59 Å². The van der Waals surface area contributed by atoms with E-state index in [1.165, 1.54) is 7.11 Å². The number of methoxy groups -OCH3 is 1. The van der Waals surface area contributed by atoms with Crippen molar-refractivity contribution in [3.8, 4) is 0 Å². The molecule has 1 aliphatic heterocycles. The summed E-state index contributed by atoms with van der Waals surface area (Å²) in [5.41, 5.74) is 1.40. The molecule has 0 aromatic heterocycles. The largest absolute Gasteiger partial charge is 0.469 e. The van der Waals surface area contributed by atoms with Crippen LogP contribution in [0.4, 0.5) is 5.69 Å². The number of carbonyl (C=O) groups is 2. The smallest absolute Gasteiger partial charge is 0.305 e. The van der Waals surface area contributed by atoms with Gasteiger partial charge in [0.15, 0.2) is 0 Å². The summed E-state index contributed by atoms with van der Waals surface area (Å²) in [7, 11) is 1.37. The Labute approximate surface area is 186 Å². The molecule has 1 heterocycles. The van der Waals surface area contributed by atoms with Gasteiger partial charge in [-0.05, 0) is 61.6 Å². The number of benzene rings is 2. The normalized spacial score (nSPS) is 21.1. The van der Waals surface area contributed by atoms with Crippen LogP contribution in [-0.4, -0.2) is 25.5 Å². The first-order valence-electron chi connectivity index (χ1n) is 10.1. The molecule has 0 bridgehead atoms. The molecule has 1 fully saturated rings. The van der Waals surface area contributed by atoms with Gasteiger partial charge in [-0.25, -0.2) is 0 Å². The van der Waals surface area contributed by atoms with Crippen LogP contribution in [0.1, 0.15) is 42.7 Å². The predicted octanol–water partition coefficient (Wildman–Crippen LogP) is 4.88. The quantitative estimate of drug-likeness (QED) is 0.567. The molecular formula is C23H24Cl2N2O3. The first-order valence-corrected chi connectivity index (χ1v) is 10.9. The maximum atomic E-state index is 13.5. The average Bonchev–Trinajstić information content (AvgIpc) is 3.51. The molecule has 0 saturated heterocycles. The monoisotopic (exact) mass is 446 g/mol. The Kier molecular flexibility index (Phi) is 6.05. The van der Waals surface area contributed by atoms with E-state index in [1.54, 1.807) is 18.2 Å². The molecule has 4 rings (SSSR count). The van der Waals surface area contributed by atoms with Crippen LogP contribution < -0.4 is 10.6 Å². The van der Waals surface area contributed by atoms with Gasteiger partial charge in [-0.2, -0.15) is 0 Å². The first kappa shape index (κ1) is 21.2. The van der Waals surface area contributed by atoms with Gasteiger partial charge in [-0.3, -0.25) is 14.9 Å². The van der Waals surface area contributed by atoms with Crippen LogP contribution in [0.25, 0.3) is 0 Å². The van der Waals surface area contributed by atoms with Gasteiger partial charge in [-0.15, -0.1) is 0 Å². The highest BCUT2D eigenvalue weighted by atomic mass is 35.5. The van der Waals surface area contributed by atoms with Gasteiger partial charge in [0.2, 0.25) is 5.91 Å². The lowest BCUT2D eigenvalue weighted by molar-refractivity contribution is -0.141. The highest BCUT2D eigenvalue weighted by Crippen LogP contribution is 2.49. The van der Waals surface area contributed by atoms with Crippen molar-refractivity contribution in [1.29, 1.82) is 0 Å². The molecule has 2 atom stereocenters. The van der Waals surface area contributed by atoms with Crippen LogP contribution in [0.5, 0.6) is 0 Å². The fraction of sp³-hybridized carbons (Fsp3) is 0.391. The van der Waals surface area contributed by atoms with E-state index < -0.39 is 5.54 Å². The Morgan fingerprint density at radius 3 is 2.70 bits per heavy atom. The van der Waals surface area contributed by atoms with Crippen LogP contribution in [-0.2, 0) is 19.9 Å². The van der Waals surface area contributed by atoms with Crippen LogP contribution in [0.3, 0.4) is 0 Å². The molecule has 1 saturated carbocycles. The zero-order chi connectivity index (χ0) is 21.3. The fourth-order valence-corrected chi connectivity index (χ4v) is 4.67. The summed E-state index contributed by atoms with van der Waals surface area (Å²) in [5, 5.41) is 7.74. The Bertz CT molecular complexity index is 977. The Morgan fingerprint density at radius 1 is 1.23 bits per heavy atom. The van der Waals surface area contributed by atoms with Crippen LogP contribution in [0, 0.1) is 5.92 Å². The number of rotatable bonds is 8. The van der Waals surface area contributed by atoms with E-state index in [1.807, 2.05) is 24.3 Å². The summed E-state index contributed by atoms with van der Waals surface area (Å²) in [6, 6.07) is 12.9. The maximum Gasteiger partial charge on any atom is 0.305 e. The van der Waals surface area contributed by atoms with Crippen molar-refractivity contribution >= 4 is 40.8 Å². The molecule has 158 valence electrons. The van der Waals surface area contributed by atoms with Crippen molar-refractivity contribution in [3.05, 3.63) is 63.6 Å². The van der Waals surface area contributed by atoms with Crippen LogP contribution in [0.2, 0.25) is 10.0 Å². The van der Waals surface area contributed by atoms with E-state index in [-0.39, 0.29) is 24.2 Å². The molecule has 1 aliphatic carbocycles. The molecule has 2 aliphatic rings. The lowest BCUT2D eigenvalue weighted by atomic mass is 9.72. The lowest BCUT2D eigenvalue weighted by Crippen LogP contribution is -2.53. The zero-order valence-electron chi connectivity index (χ0n) is 16.7. The zero-order valence-corrected chi connectivity index (χ0v) is 18.2. The van der Waals surface area contributed by atoms with Gasteiger partial charge in [0.25, 0.3) is 0 Å². The average molecular weight is 447 g/mol. The summed E-state index contributed by atoms with van der Waals surface area (Å²) >= 11 is 12.5. The lowest BCUT2D eigenvalue weighted by Gasteiger charge is -2.37. The predicted molar refractivity (Wildman–Crippen MR) is 118 cm³/mol. The second-order valence-electron chi connectivity index (χ2n) is 8.00. The van der Waals surface area contributed by atoms with E-state index in [0.717, 1.165) is 30.5 Å². The second kappa shape index (κ2) is 8.58. The Hall–Kier alpha value is -2.08. The molecule has 5 nitrogen and oxygen atoms in total. The topological polar surface area (TPSA) is 67.4 Å². The Morgan fingerprint density at radius 2 is 2.00 bits per heavy atom. The summed E-state index contributed by atoms with van der Waals surface area (Å²) in [5.74, 6) is -0.215. The fourth-order valence-electron chi connectivity index (χ4n) is 4.30. The Balaban J connectivity index is 1.83. The summed E-state index contributed by atoms with van der Waals surface area (Å²) in [6.45, 7) is 0.727.